The van der Waals surface area contributed by atoms with Gasteiger partial charge in [0.1, 0.15) is 11.3 Å². The van der Waals surface area contributed by atoms with Gasteiger partial charge in [-0.3, -0.25) is 4.79 Å². The number of aromatic nitrogens is 1. The van der Waals surface area contributed by atoms with E-state index in [0.29, 0.717) is 5.02 Å². The van der Waals surface area contributed by atoms with Crippen LogP contribution in [0, 0.1) is 0 Å². The molecule has 24 heavy (non-hydrogen) atoms. The number of esters is 1. The molecule has 1 aromatic carbocycles. The first kappa shape index (κ1) is 18.3. The Bertz CT molecular complexity index is 798. The summed E-state index contributed by atoms with van der Waals surface area (Å²) in [4.78, 5) is 27.9. The molecule has 0 saturated heterocycles. The van der Waals surface area contributed by atoms with Crippen LogP contribution in [0.15, 0.2) is 30.5 Å². The fraction of sp³-hybridized carbons (Fsp3) is 0.133. The first-order valence-electron chi connectivity index (χ1n) is 6.59. The summed E-state index contributed by atoms with van der Waals surface area (Å²) < 4.78 is 5.00. The predicted octanol–water partition coefficient (Wildman–Crippen LogP) is 3.93. The molecule has 0 fully saturated rings. The standard InChI is InChI=1S/C15H11Cl3N2O4/c1-7(14(22)20-13-11(18)4-9(17)6-19-13)24-15(23)10-3-2-8(16)5-12(10)21/h2-7,21H,1H3,(H,19,20,22)/t7-/m1/s1. The molecule has 0 saturated carbocycles. The van der Waals surface area contributed by atoms with Crippen LogP contribution in [-0.4, -0.2) is 28.1 Å². The van der Waals surface area contributed by atoms with Crippen molar-refractivity contribution >= 4 is 52.5 Å². The maximum Gasteiger partial charge on any atom is 0.342 e. The van der Waals surface area contributed by atoms with E-state index in [0.717, 1.165) is 0 Å². The maximum absolute atomic E-state index is 12.1. The average Bonchev–Trinajstić information content (AvgIpc) is 2.49. The highest BCUT2D eigenvalue weighted by molar-refractivity contribution is 6.36. The summed E-state index contributed by atoms with van der Waals surface area (Å²) in [5, 5.41) is 12.8. The quantitative estimate of drug-likeness (QED) is 0.773. The van der Waals surface area contributed by atoms with Gasteiger partial charge in [-0.2, -0.15) is 0 Å². The number of nitrogens with one attached hydrogen (secondary N) is 1. The van der Waals surface area contributed by atoms with E-state index in [-0.39, 0.29) is 27.2 Å². The molecule has 0 bridgehead atoms. The number of nitrogens with zero attached hydrogens (tertiary/aromatic N) is 1. The van der Waals surface area contributed by atoms with Crippen LogP contribution in [0.25, 0.3) is 0 Å². The molecular formula is C15H11Cl3N2O4. The van der Waals surface area contributed by atoms with E-state index >= 15 is 0 Å². The number of hydrogen-bond donors (Lipinski definition) is 2. The van der Waals surface area contributed by atoms with E-state index in [1.807, 2.05) is 0 Å². The number of ether oxygens (including phenoxy) is 1. The van der Waals surface area contributed by atoms with E-state index in [2.05, 4.69) is 10.3 Å². The smallest absolute Gasteiger partial charge is 0.342 e. The Hall–Kier alpha value is -2.02. The predicted molar refractivity (Wildman–Crippen MR) is 90.9 cm³/mol. The van der Waals surface area contributed by atoms with Crippen molar-refractivity contribution in [2.45, 2.75) is 13.0 Å². The first-order chi connectivity index (χ1) is 11.3. The third-order valence-corrected chi connectivity index (χ3v) is 3.61. The molecule has 0 aliphatic carbocycles. The number of aromatic hydroxyl groups is 1. The van der Waals surface area contributed by atoms with E-state index in [4.69, 9.17) is 39.5 Å². The third kappa shape index (κ3) is 4.50. The molecule has 0 aliphatic rings. The minimum atomic E-state index is -1.15. The number of hydrogen-bond acceptors (Lipinski definition) is 5. The van der Waals surface area contributed by atoms with Gasteiger partial charge in [-0.15, -0.1) is 0 Å². The number of pyridine rings is 1. The van der Waals surface area contributed by atoms with Crippen LogP contribution >= 0.6 is 34.8 Å². The van der Waals surface area contributed by atoms with Crippen molar-refractivity contribution in [2.75, 3.05) is 5.32 Å². The van der Waals surface area contributed by atoms with Crippen molar-refractivity contribution in [3.63, 3.8) is 0 Å². The second-order valence-electron chi connectivity index (χ2n) is 4.68. The first-order valence-corrected chi connectivity index (χ1v) is 7.72. The molecule has 9 heteroatoms. The van der Waals surface area contributed by atoms with Gasteiger partial charge in [-0.05, 0) is 31.2 Å². The van der Waals surface area contributed by atoms with Gasteiger partial charge in [0.05, 0.1) is 10.0 Å². The van der Waals surface area contributed by atoms with Crippen LogP contribution in [0.2, 0.25) is 15.1 Å². The Balaban J connectivity index is 2.04. The fourth-order valence-electron chi connectivity index (χ4n) is 1.68. The number of rotatable bonds is 4. The van der Waals surface area contributed by atoms with Gasteiger partial charge in [-0.25, -0.2) is 9.78 Å². The molecule has 2 aromatic rings. The lowest BCUT2D eigenvalue weighted by Gasteiger charge is -2.14. The molecule has 0 aliphatic heterocycles. The van der Waals surface area contributed by atoms with E-state index < -0.39 is 18.0 Å². The SMILES string of the molecule is C[C@@H](OC(=O)c1ccc(Cl)cc1O)C(=O)Nc1ncc(Cl)cc1Cl. The second kappa shape index (κ2) is 7.70. The fourth-order valence-corrected chi connectivity index (χ4v) is 2.27. The van der Waals surface area contributed by atoms with Crippen molar-refractivity contribution in [1.82, 2.24) is 4.98 Å². The van der Waals surface area contributed by atoms with Crippen molar-refractivity contribution < 1.29 is 19.4 Å². The van der Waals surface area contributed by atoms with Crippen molar-refractivity contribution in [3.8, 4) is 5.75 Å². The molecule has 0 spiro atoms. The Morgan fingerprint density at radius 2 is 1.92 bits per heavy atom. The number of phenols is 1. The van der Waals surface area contributed by atoms with Gasteiger partial charge in [0.25, 0.3) is 5.91 Å². The number of benzene rings is 1. The van der Waals surface area contributed by atoms with Crippen LogP contribution in [0.5, 0.6) is 5.75 Å². The average molecular weight is 390 g/mol. The summed E-state index contributed by atoms with van der Waals surface area (Å²) in [6, 6.07) is 5.32. The van der Waals surface area contributed by atoms with Crippen LogP contribution in [0.4, 0.5) is 5.82 Å². The molecule has 0 radical (unpaired) electrons. The van der Waals surface area contributed by atoms with E-state index in [1.165, 1.54) is 37.4 Å². The maximum atomic E-state index is 12.1. The Morgan fingerprint density at radius 3 is 2.54 bits per heavy atom. The van der Waals surface area contributed by atoms with Crippen LogP contribution in [0.1, 0.15) is 17.3 Å². The lowest BCUT2D eigenvalue weighted by atomic mass is 10.2. The Kier molecular flexibility index (Phi) is 5.88. The molecule has 2 N–H and O–H groups in total. The molecule has 2 rings (SSSR count). The normalized spacial score (nSPS) is 11.7. The lowest BCUT2D eigenvalue weighted by molar-refractivity contribution is -0.123. The summed E-state index contributed by atoms with van der Waals surface area (Å²) in [6.45, 7) is 1.37. The number of amides is 1. The second-order valence-corrected chi connectivity index (χ2v) is 5.96. The van der Waals surface area contributed by atoms with Crippen molar-refractivity contribution in [2.24, 2.45) is 0 Å². The van der Waals surface area contributed by atoms with Gasteiger partial charge < -0.3 is 15.2 Å². The summed E-state index contributed by atoms with van der Waals surface area (Å²) >= 11 is 17.3. The Morgan fingerprint density at radius 1 is 1.21 bits per heavy atom. The van der Waals surface area contributed by atoms with Gasteiger partial charge in [0, 0.05) is 11.2 Å². The molecule has 126 valence electrons. The summed E-state index contributed by atoms with van der Waals surface area (Å²) in [5.41, 5.74) is -0.110. The summed E-state index contributed by atoms with van der Waals surface area (Å²) in [5.74, 6) is -1.78. The molecular weight excluding hydrogens is 379 g/mol. The molecule has 1 amide bonds. The van der Waals surface area contributed by atoms with Crippen molar-refractivity contribution in [1.29, 1.82) is 0 Å². The highest BCUT2D eigenvalue weighted by atomic mass is 35.5. The number of anilines is 1. The monoisotopic (exact) mass is 388 g/mol. The molecule has 1 heterocycles. The molecule has 1 atom stereocenters. The van der Waals surface area contributed by atoms with Crippen LogP contribution in [0.3, 0.4) is 0 Å². The summed E-state index contributed by atoms with van der Waals surface area (Å²) in [6.07, 6.45) is 0.159. The van der Waals surface area contributed by atoms with Crippen LogP contribution < -0.4 is 5.32 Å². The summed E-state index contributed by atoms with van der Waals surface area (Å²) in [7, 11) is 0. The number of phenolic OH excluding ortho intramolecular Hbond substituents is 1. The highest BCUT2D eigenvalue weighted by Crippen LogP contribution is 2.24. The number of carbonyl (C=O) groups excluding carboxylic acids is 2. The van der Waals surface area contributed by atoms with E-state index in [1.54, 1.807) is 0 Å². The topological polar surface area (TPSA) is 88.5 Å². The Labute approximate surface area is 152 Å². The molecule has 0 unspecified atom stereocenters. The zero-order valence-electron chi connectivity index (χ0n) is 12.2. The van der Waals surface area contributed by atoms with Gasteiger partial charge in [0.15, 0.2) is 11.9 Å². The highest BCUT2D eigenvalue weighted by Gasteiger charge is 2.22. The number of carbonyl (C=O) groups is 2. The molecule has 6 nitrogen and oxygen atoms in total. The van der Waals surface area contributed by atoms with E-state index in [9.17, 15) is 14.7 Å². The van der Waals surface area contributed by atoms with Gasteiger partial charge in [-0.1, -0.05) is 34.8 Å². The number of halogens is 3. The zero-order valence-corrected chi connectivity index (χ0v) is 14.5. The molecule has 1 aromatic heterocycles. The minimum absolute atomic E-state index is 0.0864. The minimum Gasteiger partial charge on any atom is -0.507 e. The largest absolute Gasteiger partial charge is 0.507 e. The third-order valence-electron chi connectivity index (χ3n) is 2.88. The van der Waals surface area contributed by atoms with Gasteiger partial charge >= 0.3 is 5.97 Å². The lowest BCUT2D eigenvalue weighted by Crippen LogP contribution is -2.30. The van der Waals surface area contributed by atoms with Gasteiger partial charge in [0.2, 0.25) is 0 Å². The zero-order chi connectivity index (χ0) is 17.9. The van der Waals surface area contributed by atoms with Crippen molar-refractivity contribution in [3.05, 3.63) is 51.1 Å². The van der Waals surface area contributed by atoms with Crippen LogP contribution in [-0.2, 0) is 9.53 Å².